The molecule has 29 heavy (non-hydrogen) atoms. The van der Waals surface area contributed by atoms with Crippen LogP contribution in [0.15, 0.2) is 63.4 Å². The predicted molar refractivity (Wildman–Crippen MR) is 113 cm³/mol. The lowest BCUT2D eigenvalue weighted by molar-refractivity contribution is -0.119. The Kier molecular flexibility index (Phi) is 5.46. The third-order valence-corrected chi connectivity index (χ3v) is 6.33. The molecule has 0 saturated heterocycles. The molecule has 0 spiro atoms. The van der Waals surface area contributed by atoms with Gasteiger partial charge in [-0.25, -0.2) is 4.90 Å². The summed E-state index contributed by atoms with van der Waals surface area (Å²) >= 11 is 2.72. The third-order valence-electron chi connectivity index (χ3n) is 4.34. The normalized spacial score (nSPS) is 14.1. The van der Waals surface area contributed by atoms with Gasteiger partial charge >= 0.3 is 0 Å². The molecule has 0 aliphatic carbocycles. The van der Waals surface area contributed by atoms with Crippen LogP contribution in [-0.4, -0.2) is 26.0 Å². The molecule has 148 valence electrons. The average Bonchev–Trinajstić information content (AvgIpc) is 3.47. The number of furan rings is 1. The minimum absolute atomic E-state index is 0.366. The minimum atomic E-state index is -0.370. The van der Waals surface area contributed by atoms with Crippen LogP contribution in [0, 0.1) is 0 Å². The van der Waals surface area contributed by atoms with E-state index in [2.05, 4.69) is 0 Å². The van der Waals surface area contributed by atoms with Gasteiger partial charge in [-0.05, 0) is 23.6 Å². The zero-order valence-corrected chi connectivity index (χ0v) is 17.3. The molecule has 1 aromatic carbocycles. The second-order valence-electron chi connectivity index (χ2n) is 6.07. The number of carbonyl (C=O) groups excluding carboxylic acids is 2. The van der Waals surface area contributed by atoms with Gasteiger partial charge in [0.05, 0.1) is 42.4 Å². The van der Waals surface area contributed by atoms with Crippen molar-refractivity contribution in [1.82, 2.24) is 0 Å². The number of amides is 2. The number of ether oxygens (including phenoxy) is 2. The number of thioether (sulfide) groups is 1. The smallest absolute Gasteiger partial charge is 0.272 e. The van der Waals surface area contributed by atoms with Crippen molar-refractivity contribution in [1.29, 1.82) is 0 Å². The first-order valence-electron chi connectivity index (χ1n) is 8.67. The number of methoxy groups -OCH3 is 2. The molecule has 1 aliphatic heterocycles. The molecular formula is C21H17NO5S2. The summed E-state index contributed by atoms with van der Waals surface area (Å²) in [6.45, 7) is 0. The van der Waals surface area contributed by atoms with Crippen LogP contribution in [0.5, 0.6) is 11.5 Å². The first-order valence-corrected chi connectivity index (χ1v) is 10.5. The van der Waals surface area contributed by atoms with E-state index in [1.165, 1.54) is 42.2 Å². The summed E-state index contributed by atoms with van der Waals surface area (Å²) in [5, 5.41) is 1.88. The summed E-state index contributed by atoms with van der Waals surface area (Å²) in [6, 6.07) is 12.3. The molecule has 1 aliphatic rings. The lowest BCUT2D eigenvalue weighted by atomic mass is 10.2. The van der Waals surface area contributed by atoms with Gasteiger partial charge in [-0.3, -0.25) is 9.59 Å². The number of hydrogen-bond donors (Lipinski definition) is 0. The Morgan fingerprint density at radius 3 is 2.38 bits per heavy atom. The Morgan fingerprint density at radius 1 is 1.03 bits per heavy atom. The summed E-state index contributed by atoms with van der Waals surface area (Å²) < 4.78 is 16.0. The lowest BCUT2D eigenvalue weighted by Gasteiger charge is -2.17. The highest BCUT2D eigenvalue weighted by Crippen LogP contribution is 2.42. The van der Waals surface area contributed by atoms with Gasteiger partial charge in [-0.1, -0.05) is 6.07 Å². The van der Waals surface area contributed by atoms with E-state index in [9.17, 15) is 9.59 Å². The van der Waals surface area contributed by atoms with Crippen LogP contribution in [0.2, 0.25) is 0 Å². The molecule has 0 unspecified atom stereocenters. The number of nitrogens with zero attached hydrogens (tertiary/aromatic N) is 1. The highest BCUT2D eigenvalue weighted by Gasteiger charge is 2.41. The number of anilines is 1. The van der Waals surface area contributed by atoms with Gasteiger partial charge in [0.25, 0.3) is 11.8 Å². The average molecular weight is 428 g/mol. The highest BCUT2D eigenvalue weighted by molar-refractivity contribution is 8.03. The largest absolute Gasteiger partial charge is 0.497 e. The van der Waals surface area contributed by atoms with Gasteiger partial charge in [0.2, 0.25) is 0 Å². The molecule has 8 heteroatoms. The van der Waals surface area contributed by atoms with Crippen molar-refractivity contribution in [2.24, 2.45) is 0 Å². The molecular weight excluding hydrogens is 410 g/mol. The van der Waals surface area contributed by atoms with E-state index in [4.69, 9.17) is 13.9 Å². The molecule has 0 fully saturated rings. The van der Waals surface area contributed by atoms with Crippen LogP contribution in [0.4, 0.5) is 5.69 Å². The molecule has 0 bridgehead atoms. The molecule has 0 radical (unpaired) electrons. The molecule has 3 heterocycles. The Labute approximate surface area is 175 Å². The number of carbonyl (C=O) groups is 2. The van der Waals surface area contributed by atoms with Crippen molar-refractivity contribution in [3.05, 3.63) is 69.7 Å². The SMILES string of the molecule is COc1cc(OC)cc(N2C(=O)C(SCc3ccco3)=C(c3cccs3)C2=O)c1. The number of hydrogen-bond acceptors (Lipinski definition) is 7. The summed E-state index contributed by atoms with van der Waals surface area (Å²) in [5.41, 5.74) is 0.808. The van der Waals surface area contributed by atoms with E-state index < -0.39 is 0 Å². The van der Waals surface area contributed by atoms with E-state index >= 15 is 0 Å². The van der Waals surface area contributed by atoms with Gasteiger partial charge in [0, 0.05) is 23.1 Å². The molecule has 2 amide bonds. The van der Waals surface area contributed by atoms with E-state index in [0.717, 1.165) is 10.6 Å². The predicted octanol–water partition coefficient (Wildman–Crippen LogP) is 4.58. The van der Waals surface area contributed by atoms with E-state index in [0.29, 0.717) is 33.4 Å². The minimum Gasteiger partial charge on any atom is -0.497 e. The fourth-order valence-corrected chi connectivity index (χ4v) is 4.82. The first kappa shape index (κ1) is 19.4. The maximum Gasteiger partial charge on any atom is 0.272 e. The number of benzene rings is 1. The van der Waals surface area contributed by atoms with E-state index in [-0.39, 0.29) is 11.8 Å². The zero-order valence-electron chi connectivity index (χ0n) is 15.7. The summed E-state index contributed by atoms with van der Waals surface area (Å²) in [5.74, 6) is 1.43. The molecule has 0 saturated carbocycles. The van der Waals surface area contributed by atoms with Crippen LogP contribution >= 0.6 is 23.1 Å². The highest BCUT2D eigenvalue weighted by atomic mass is 32.2. The van der Waals surface area contributed by atoms with Crippen molar-refractivity contribution in [2.45, 2.75) is 5.75 Å². The van der Waals surface area contributed by atoms with Gasteiger partial charge in [-0.15, -0.1) is 23.1 Å². The molecule has 4 rings (SSSR count). The quantitative estimate of drug-likeness (QED) is 0.514. The third kappa shape index (κ3) is 3.68. The Hall–Kier alpha value is -2.97. The van der Waals surface area contributed by atoms with Crippen molar-refractivity contribution in [3.8, 4) is 11.5 Å². The second kappa shape index (κ2) is 8.18. The van der Waals surface area contributed by atoms with Gasteiger partial charge in [0.1, 0.15) is 17.3 Å². The number of imide groups is 1. The second-order valence-corrected chi connectivity index (χ2v) is 8.00. The van der Waals surface area contributed by atoms with Crippen molar-refractivity contribution in [3.63, 3.8) is 0 Å². The molecule has 6 nitrogen and oxygen atoms in total. The number of thiophene rings is 1. The van der Waals surface area contributed by atoms with Crippen molar-refractivity contribution >= 4 is 46.2 Å². The first-order chi connectivity index (χ1) is 14.1. The fraction of sp³-hybridized carbons (Fsp3) is 0.143. The topological polar surface area (TPSA) is 69.0 Å². The Bertz CT molecular complexity index is 1050. The Balaban J connectivity index is 1.74. The summed E-state index contributed by atoms with van der Waals surface area (Å²) in [6.07, 6.45) is 1.58. The fourth-order valence-electron chi connectivity index (χ4n) is 2.98. The van der Waals surface area contributed by atoms with Gasteiger partial charge in [-0.2, -0.15) is 0 Å². The van der Waals surface area contributed by atoms with E-state index in [1.54, 1.807) is 30.5 Å². The molecule has 3 aromatic rings. The molecule has 0 N–H and O–H groups in total. The van der Waals surface area contributed by atoms with Crippen LogP contribution in [0.3, 0.4) is 0 Å². The van der Waals surface area contributed by atoms with Gasteiger partial charge in [0.15, 0.2) is 0 Å². The maximum absolute atomic E-state index is 13.3. The molecule has 0 atom stereocenters. The van der Waals surface area contributed by atoms with Crippen LogP contribution in [0.25, 0.3) is 5.57 Å². The summed E-state index contributed by atoms with van der Waals surface area (Å²) in [7, 11) is 3.04. The van der Waals surface area contributed by atoms with Gasteiger partial charge < -0.3 is 13.9 Å². The summed E-state index contributed by atoms with van der Waals surface area (Å²) in [4.78, 5) is 28.9. The number of rotatable bonds is 7. The Morgan fingerprint density at radius 2 is 1.79 bits per heavy atom. The zero-order chi connectivity index (χ0) is 20.4. The van der Waals surface area contributed by atoms with Crippen LogP contribution in [0.1, 0.15) is 10.6 Å². The van der Waals surface area contributed by atoms with E-state index in [1.807, 2.05) is 23.6 Å². The molecule has 2 aromatic heterocycles. The lowest BCUT2D eigenvalue weighted by Crippen LogP contribution is -2.31. The van der Waals surface area contributed by atoms with Crippen molar-refractivity contribution < 1.29 is 23.5 Å². The monoisotopic (exact) mass is 427 g/mol. The standard InChI is InChI=1S/C21H17NO5S2/c1-25-15-9-13(10-16(11-15)26-2)22-20(23)18(17-6-4-8-28-17)19(21(22)24)29-12-14-5-3-7-27-14/h3-11H,12H2,1-2H3. The van der Waals surface area contributed by atoms with Crippen LogP contribution in [-0.2, 0) is 15.3 Å². The van der Waals surface area contributed by atoms with Crippen LogP contribution < -0.4 is 14.4 Å². The maximum atomic E-state index is 13.3. The van der Waals surface area contributed by atoms with Crippen molar-refractivity contribution in [2.75, 3.05) is 19.1 Å².